The number of piperidine rings is 1. The highest BCUT2D eigenvalue weighted by atomic mass is 32.2. The molecule has 2 fully saturated rings. The summed E-state index contributed by atoms with van der Waals surface area (Å²) in [5, 5.41) is 2.93. The quantitative estimate of drug-likeness (QED) is 0.733. The fraction of sp³-hybridized carbons (Fsp3) is 0.867. The molecule has 132 valence electrons. The third-order valence-electron chi connectivity index (χ3n) is 4.40. The molecule has 0 aromatic carbocycles. The molecule has 7 nitrogen and oxygen atoms in total. The third kappa shape index (κ3) is 4.44. The second-order valence-corrected chi connectivity index (χ2v) is 7.83. The van der Waals surface area contributed by atoms with Crippen LogP contribution in [0.4, 0.5) is 4.79 Å². The van der Waals surface area contributed by atoms with Gasteiger partial charge in [-0.2, -0.15) is 0 Å². The Balaban J connectivity index is 2.00. The predicted octanol–water partition coefficient (Wildman–Crippen LogP) is 0.509. The van der Waals surface area contributed by atoms with Gasteiger partial charge < -0.3 is 19.7 Å². The molecule has 2 heterocycles. The average molecular weight is 346 g/mol. The van der Waals surface area contributed by atoms with Crippen LogP contribution in [-0.2, 0) is 25.1 Å². The van der Waals surface area contributed by atoms with E-state index in [0.29, 0.717) is 37.6 Å². The Kier molecular flexibility index (Phi) is 6.41. The minimum Gasteiger partial charge on any atom is -0.465 e. The largest absolute Gasteiger partial charge is 0.465 e. The van der Waals surface area contributed by atoms with Crippen LogP contribution in [0.2, 0.25) is 0 Å². The number of amides is 2. The van der Waals surface area contributed by atoms with Crippen molar-refractivity contribution in [3.63, 3.8) is 0 Å². The number of urea groups is 1. The van der Waals surface area contributed by atoms with Gasteiger partial charge in [-0.15, -0.1) is 0 Å². The molecule has 0 saturated carbocycles. The van der Waals surface area contributed by atoms with Gasteiger partial charge >= 0.3 is 12.0 Å². The van der Waals surface area contributed by atoms with Crippen LogP contribution in [-0.4, -0.2) is 72.1 Å². The molecule has 0 aliphatic carbocycles. The molecule has 1 N–H and O–H groups in total. The number of methoxy groups -OCH3 is 1. The summed E-state index contributed by atoms with van der Waals surface area (Å²) in [4.78, 5) is 26.5. The van der Waals surface area contributed by atoms with Gasteiger partial charge in [0.2, 0.25) is 0 Å². The molecule has 0 radical (unpaired) electrons. The van der Waals surface area contributed by atoms with Crippen LogP contribution in [0.3, 0.4) is 0 Å². The zero-order valence-corrected chi connectivity index (χ0v) is 14.7. The van der Waals surface area contributed by atoms with Crippen molar-refractivity contribution in [2.75, 3.05) is 44.9 Å². The molecule has 0 unspecified atom stereocenters. The average Bonchev–Trinajstić information content (AvgIpc) is 2.93. The lowest BCUT2D eigenvalue weighted by molar-refractivity contribution is -0.162. The van der Waals surface area contributed by atoms with Crippen LogP contribution in [0.5, 0.6) is 0 Å². The Morgan fingerprint density at radius 1 is 1.43 bits per heavy atom. The number of nitrogens with zero attached hydrogens (tertiary/aromatic N) is 1. The Labute approximate surface area is 139 Å². The minimum atomic E-state index is -0.830. The normalized spacial score (nSPS) is 31.0. The monoisotopic (exact) mass is 346 g/mol. The Hall–Kier alpha value is -1.15. The lowest BCUT2D eigenvalue weighted by Gasteiger charge is -2.40. The zero-order chi connectivity index (χ0) is 16.9. The Morgan fingerprint density at radius 3 is 2.83 bits per heavy atom. The van der Waals surface area contributed by atoms with Gasteiger partial charge in [0.25, 0.3) is 0 Å². The van der Waals surface area contributed by atoms with E-state index in [1.54, 1.807) is 18.9 Å². The van der Waals surface area contributed by atoms with Gasteiger partial charge in [0.1, 0.15) is 5.41 Å². The number of nitrogens with one attached hydrogen (secondary N) is 1. The first-order chi connectivity index (χ1) is 11.0. The molecule has 23 heavy (non-hydrogen) atoms. The highest BCUT2D eigenvalue weighted by Gasteiger charge is 2.45. The van der Waals surface area contributed by atoms with E-state index < -0.39 is 16.2 Å². The first-order valence-electron chi connectivity index (χ1n) is 8.07. The standard InChI is InChI=1S/C15H26N2O5S/c1-3-22-13(18)15(11-21-2)6-4-7-17(10-15)14(19)16-12-5-8-23(20)9-12/h12H,3-11H2,1-2H3,(H,16,19)/t12-,15+,23-/m0/s1. The second kappa shape index (κ2) is 8.10. The van der Waals surface area contributed by atoms with Crippen LogP contribution >= 0.6 is 0 Å². The molecule has 8 heteroatoms. The van der Waals surface area contributed by atoms with Crippen molar-refractivity contribution in [2.45, 2.75) is 32.2 Å². The lowest BCUT2D eigenvalue weighted by atomic mass is 9.80. The molecule has 3 atom stereocenters. The van der Waals surface area contributed by atoms with Gasteiger partial charge in [-0.3, -0.25) is 9.00 Å². The minimum absolute atomic E-state index is 0.0373. The van der Waals surface area contributed by atoms with E-state index in [0.717, 1.165) is 12.8 Å². The summed E-state index contributed by atoms with van der Waals surface area (Å²) in [6.45, 7) is 3.22. The summed E-state index contributed by atoms with van der Waals surface area (Å²) >= 11 is 0. The first-order valence-corrected chi connectivity index (χ1v) is 9.56. The van der Waals surface area contributed by atoms with Gasteiger partial charge in [-0.25, -0.2) is 4.79 Å². The van der Waals surface area contributed by atoms with Crippen LogP contribution in [0.15, 0.2) is 0 Å². The molecule has 0 spiro atoms. The van der Waals surface area contributed by atoms with E-state index >= 15 is 0 Å². The number of esters is 1. The fourth-order valence-corrected chi connectivity index (χ4v) is 4.67. The van der Waals surface area contributed by atoms with Crippen molar-refractivity contribution in [3.05, 3.63) is 0 Å². The lowest BCUT2D eigenvalue weighted by Crippen LogP contribution is -2.56. The maximum absolute atomic E-state index is 12.5. The molecule has 2 amide bonds. The summed E-state index contributed by atoms with van der Waals surface area (Å²) in [7, 11) is 0.719. The summed E-state index contributed by atoms with van der Waals surface area (Å²) in [6, 6.07) is -0.233. The smallest absolute Gasteiger partial charge is 0.317 e. The molecular formula is C15H26N2O5S. The number of carbonyl (C=O) groups is 2. The predicted molar refractivity (Wildman–Crippen MR) is 86.6 cm³/mol. The number of hydrogen-bond acceptors (Lipinski definition) is 5. The topological polar surface area (TPSA) is 84.9 Å². The van der Waals surface area contributed by atoms with Crippen molar-refractivity contribution < 1.29 is 23.3 Å². The van der Waals surface area contributed by atoms with E-state index in [1.165, 1.54) is 0 Å². The van der Waals surface area contributed by atoms with Gasteiger partial charge in [0, 0.05) is 48.5 Å². The van der Waals surface area contributed by atoms with E-state index in [2.05, 4.69) is 5.32 Å². The maximum Gasteiger partial charge on any atom is 0.317 e. The third-order valence-corrected chi connectivity index (χ3v) is 5.87. The summed E-state index contributed by atoms with van der Waals surface area (Å²) in [5.74, 6) is 0.850. The maximum atomic E-state index is 12.5. The molecule has 0 aromatic rings. The number of ether oxygens (including phenoxy) is 2. The highest BCUT2D eigenvalue weighted by molar-refractivity contribution is 7.85. The summed E-state index contributed by atoms with van der Waals surface area (Å²) in [5.41, 5.74) is -0.793. The molecular weight excluding hydrogens is 320 g/mol. The van der Waals surface area contributed by atoms with Crippen LogP contribution in [0.25, 0.3) is 0 Å². The van der Waals surface area contributed by atoms with E-state index in [-0.39, 0.29) is 24.6 Å². The number of rotatable bonds is 5. The molecule has 2 saturated heterocycles. The molecule has 2 aliphatic heterocycles. The van der Waals surface area contributed by atoms with Gasteiger partial charge in [-0.1, -0.05) is 0 Å². The van der Waals surface area contributed by atoms with Crippen molar-refractivity contribution in [1.82, 2.24) is 10.2 Å². The Bertz CT molecular complexity index is 469. The van der Waals surface area contributed by atoms with E-state index in [1.807, 2.05) is 0 Å². The van der Waals surface area contributed by atoms with E-state index in [9.17, 15) is 13.8 Å². The number of carbonyl (C=O) groups excluding carboxylic acids is 2. The van der Waals surface area contributed by atoms with Crippen LogP contribution in [0, 0.1) is 5.41 Å². The molecule has 0 aromatic heterocycles. The molecule has 2 aliphatic rings. The molecule has 2 rings (SSSR count). The highest BCUT2D eigenvalue weighted by Crippen LogP contribution is 2.32. The number of hydrogen-bond donors (Lipinski definition) is 1. The van der Waals surface area contributed by atoms with Crippen molar-refractivity contribution >= 4 is 22.8 Å². The fourth-order valence-electron chi connectivity index (χ4n) is 3.25. The SMILES string of the molecule is CCOC(=O)[C@]1(COC)CCCN(C(=O)N[C@H]2CC[S@](=O)C2)C1. The van der Waals surface area contributed by atoms with Crippen molar-refractivity contribution in [2.24, 2.45) is 5.41 Å². The summed E-state index contributed by atoms with van der Waals surface area (Å²) < 4.78 is 21.9. The summed E-state index contributed by atoms with van der Waals surface area (Å²) in [6.07, 6.45) is 2.12. The van der Waals surface area contributed by atoms with Crippen LogP contribution in [0.1, 0.15) is 26.2 Å². The van der Waals surface area contributed by atoms with Gasteiger partial charge in [-0.05, 0) is 26.2 Å². The number of likely N-dealkylation sites (tertiary alicyclic amines) is 1. The van der Waals surface area contributed by atoms with Crippen LogP contribution < -0.4 is 5.32 Å². The first kappa shape index (κ1) is 18.2. The van der Waals surface area contributed by atoms with Gasteiger partial charge in [0.15, 0.2) is 0 Å². The van der Waals surface area contributed by atoms with Crippen molar-refractivity contribution in [3.8, 4) is 0 Å². The van der Waals surface area contributed by atoms with Crippen molar-refractivity contribution in [1.29, 1.82) is 0 Å². The Morgan fingerprint density at radius 2 is 2.22 bits per heavy atom. The second-order valence-electron chi connectivity index (χ2n) is 6.20. The van der Waals surface area contributed by atoms with E-state index in [4.69, 9.17) is 9.47 Å². The zero-order valence-electron chi connectivity index (χ0n) is 13.8. The molecule has 0 bridgehead atoms. The van der Waals surface area contributed by atoms with Gasteiger partial charge in [0.05, 0.1) is 13.2 Å².